The molecule has 0 radical (unpaired) electrons. The molecular weight excluding hydrogens is 723 g/mol. The second-order valence-electron chi connectivity index (χ2n) is 14.5. The van der Waals surface area contributed by atoms with Gasteiger partial charge in [0.15, 0.2) is 23.3 Å². The van der Waals surface area contributed by atoms with E-state index < -0.39 is 0 Å². The molecule has 276 valence electrons. The molecule has 0 fully saturated rings. The number of rotatable bonds is 7. The van der Waals surface area contributed by atoms with Gasteiger partial charge in [-0.05, 0) is 64.4 Å². The zero-order valence-electron chi connectivity index (χ0n) is 31.7. The van der Waals surface area contributed by atoms with E-state index in [2.05, 4.69) is 103 Å². The summed E-state index contributed by atoms with van der Waals surface area (Å²) in [6.07, 6.45) is 0. The van der Waals surface area contributed by atoms with E-state index in [-0.39, 0.29) is 0 Å². The number of nitrogens with zero attached hydrogens (tertiary/aromatic N) is 5. The van der Waals surface area contributed by atoms with Crippen LogP contribution in [0.1, 0.15) is 0 Å². The first-order valence-corrected chi connectivity index (χ1v) is 19.6. The summed E-state index contributed by atoms with van der Waals surface area (Å²) in [7, 11) is 0. The minimum Gasteiger partial charge on any atom is -0.456 e. The average molecular weight is 756 g/mol. The lowest BCUT2D eigenvalue weighted by Crippen LogP contribution is -2.00. The van der Waals surface area contributed by atoms with E-state index in [4.69, 9.17) is 29.3 Å². The van der Waals surface area contributed by atoms with Crippen LogP contribution in [-0.2, 0) is 0 Å². The van der Waals surface area contributed by atoms with Crippen LogP contribution in [0.25, 0.3) is 112 Å². The van der Waals surface area contributed by atoms with Gasteiger partial charge in [-0.1, -0.05) is 158 Å². The highest BCUT2D eigenvalue weighted by Crippen LogP contribution is 2.37. The van der Waals surface area contributed by atoms with E-state index in [1.165, 1.54) is 5.39 Å². The lowest BCUT2D eigenvalue weighted by Gasteiger charge is -2.12. The molecule has 0 atom stereocenters. The molecule has 11 aromatic rings. The maximum atomic E-state index is 6.32. The van der Waals surface area contributed by atoms with Crippen molar-refractivity contribution in [2.24, 2.45) is 0 Å². The fourth-order valence-electron chi connectivity index (χ4n) is 7.80. The van der Waals surface area contributed by atoms with E-state index in [0.717, 1.165) is 83.2 Å². The summed E-state index contributed by atoms with van der Waals surface area (Å²) in [5.41, 5.74) is 11.2. The SMILES string of the molecule is c1ccc(-c2cc(-c3cccc(-c4cccc(-c5nc(-c6ccccc6)nc(-c6ccc7oc8ccc9ccccc9c8c7c6)n5)c4)c3)nc(-c3ccccc3)n2)cc1. The fraction of sp³-hybridized carbons (Fsp3) is 0. The van der Waals surface area contributed by atoms with Crippen LogP contribution in [0.4, 0.5) is 0 Å². The highest BCUT2D eigenvalue weighted by molar-refractivity contribution is 6.19. The number of fused-ring (bicyclic) bond motifs is 5. The van der Waals surface area contributed by atoms with Crippen LogP contribution >= 0.6 is 0 Å². The Morgan fingerprint density at radius 3 is 1.42 bits per heavy atom. The Kier molecular flexibility index (Phi) is 8.37. The Morgan fingerprint density at radius 2 is 0.746 bits per heavy atom. The van der Waals surface area contributed by atoms with Gasteiger partial charge < -0.3 is 4.42 Å². The zero-order valence-corrected chi connectivity index (χ0v) is 31.7. The topological polar surface area (TPSA) is 77.6 Å². The monoisotopic (exact) mass is 755 g/mol. The van der Waals surface area contributed by atoms with Gasteiger partial charge in [0.25, 0.3) is 0 Å². The first-order valence-electron chi connectivity index (χ1n) is 19.6. The van der Waals surface area contributed by atoms with Gasteiger partial charge >= 0.3 is 0 Å². The molecule has 0 unspecified atom stereocenters. The van der Waals surface area contributed by atoms with Gasteiger partial charge in [0.05, 0.1) is 11.4 Å². The van der Waals surface area contributed by atoms with Crippen molar-refractivity contribution in [3.63, 3.8) is 0 Å². The summed E-state index contributed by atoms with van der Waals surface area (Å²) in [4.78, 5) is 25.3. The van der Waals surface area contributed by atoms with Crippen LogP contribution in [0.2, 0.25) is 0 Å². The summed E-state index contributed by atoms with van der Waals surface area (Å²) in [5.74, 6) is 2.46. The third-order valence-corrected chi connectivity index (χ3v) is 10.7. The van der Waals surface area contributed by atoms with Crippen LogP contribution in [-0.4, -0.2) is 24.9 Å². The van der Waals surface area contributed by atoms with Crippen molar-refractivity contribution in [3.8, 4) is 79.2 Å². The summed E-state index contributed by atoms with van der Waals surface area (Å²) in [6.45, 7) is 0. The lowest BCUT2D eigenvalue weighted by atomic mass is 9.99. The quantitative estimate of drug-likeness (QED) is 0.161. The second-order valence-corrected chi connectivity index (χ2v) is 14.5. The van der Waals surface area contributed by atoms with Crippen LogP contribution in [0.3, 0.4) is 0 Å². The standard InChI is InChI=1S/C53H33N5O/c1-4-15-35(16-5-1)45-33-46(55-50(54-45)36-17-6-2-7-18-36)40-23-12-21-38(30-40)39-22-13-24-41(31-39)52-56-51(37-19-8-3-9-20-37)57-53(58-52)42-27-28-47-44(32-42)49-43-25-11-10-14-34(43)26-29-48(49)59-47/h1-33H. The Bertz CT molecular complexity index is 3270. The second kappa shape index (κ2) is 14.4. The van der Waals surface area contributed by atoms with Crippen molar-refractivity contribution in [2.75, 3.05) is 0 Å². The number of hydrogen-bond acceptors (Lipinski definition) is 6. The largest absolute Gasteiger partial charge is 0.456 e. The molecule has 0 aliphatic rings. The molecular formula is C53H33N5O. The fourth-order valence-corrected chi connectivity index (χ4v) is 7.80. The zero-order chi connectivity index (χ0) is 39.1. The van der Waals surface area contributed by atoms with Gasteiger partial charge in [-0.15, -0.1) is 0 Å². The predicted molar refractivity (Wildman–Crippen MR) is 238 cm³/mol. The minimum absolute atomic E-state index is 0.588. The molecule has 11 rings (SSSR count). The normalized spacial score (nSPS) is 11.4. The Labute approximate surface area is 340 Å². The van der Waals surface area contributed by atoms with Gasteiger partial charge in [-0.2, -0.15) is 0 Å². The van der Waals surface area contributed by atoms with E-state index in [1.54, 1.807) is 0 Å². The van der Waals surface area contributed by atoms with E-state index in [0.29, 0.717) is 23.3 Å². The Balaban J connectivity index is 1.01. The Morgan fingerprint density at radius 1 is 0.271 bits per heavy atom. The number of furan rings is 1. The molecule has 0 aliphatic carbocycles. The number of benzene rings is 8. The molecule has 0 saturated heterocycles. The maximum Gasteiger partial charge on any atom is 0.164 e. The molecule has 3 heterocycles. The molecule has 0 N–H and O–H groups in total. The van der Waals surface area contributed by atoms with Crippen LogP contribution in [0.15, 0.2) is 205 Å². The summed E-state index contributed by atoms with van der Waals surface area (Å²) in [6, 6.07) is 68.2. The van der Waals surface area contributed by atoms with Crippen molar-refractivity contribution in [1.29, 1.82) is 0 Å². The average Bonchev–Trinajstić information content (AvgIpc) is 3.71. The number of aromatic nitrogens is 5. The third-order valence-electron chi connectivity index (χ3n) is 10.7. The molecule has 0 aliphatic heterocycles. The lowest BCUT2D eigenvalue weighted by molar-refractivity contribution is 0.669. The summed E-state index contributed by atoms with van der Waals surface area (Å²) in [5, 5.41) is 4.42. The first-order chi connectivity index (χ1) is 29.2. The predicted octanol–water partition coefficient (Wildman–Crippen LogP) is 13.4. The molecule has 6 heteroatoms. The van der Waals surface area contributed by atoms with Crippen molar-refractivity contribution in [1.82, 2.24) is 24.9 Å². The molecule has 3 aromatic heterocycles. The van der Waals surface area contributed by atoms with Gasteiger partial charge in [-0.3, -0.25) is 0 Å². The van der Waals surface area contributed by atoms with Crippen LogP contribution in [0.5, 0.6) is 0 Å². The maximum absolute atomic E-state index is 6.32. The van der Waals surface area contributed by atoms with Crippen LogP contribution < -0.4 is 0 Å². The van der Waals surface area contributed by atoms with Gasteiger partial charge in [0.1, 0.15) is 11.2 Å². The molecule has 0 saturated carbocycles. The van der Waals surface area contributed by atoms with Gasteiger partial charge in [0, 0.05) is 44.2 Å². The van der Waals surface area contributed by atoms with Crippen LogP contribution in [0, 0.1) is 0 Å². The van der Waals surface area contributed by atoms with Crippen molar-refractivity contribution in [2.45, 2.75) is 0 Å². The smallest absolute Gasteiger partial charge is 0.164 e. The van der Waals surface area contributed by atoms with Crippen molar-refractivity contribution < 1.29 is 4.42 Å². The molecule has 8 aromatic carbocycles. The third kappa shape index (κ3) is 6.49. The molecule has 0 bridgehead atoms. The highest BCUT2D eigenvalue weighted by Gasteiger charge is 2.17. The Hall–Kier alpha value is -8.09. The molecule has 0 spiro atoms. The highest BCUT2D eigenvalue weighted by atomic mass is 16.3. The minimum atomic E-state index is 0.588. The van der Waals surface area contributed by atoms with Crippen molar-refractivity contribution >= 4 is 32.7 Å². The van der Waals surface area contributed by atoms with E-state index >= 15 is 0 Å². The molecule has 6 nitrogen and oxygen atoms in total. The summed E-state index contributed by atoms with van der Waals surface area (Å²) < 4.78 is 6.32. The molecule has 0 amide bonds. The van der Waals surface area contributed by atoms with Gasteiger partial charge in [-0.25, -0.2) is 24.9 Å². The van der Waals surface area contributed by atoms with Gasteiger partial charge in [0.2, 0.25) is 0 Å². The number of hydrogen-bond donors (Lipinski definition) is 0. The first kappa shape index (κ1) is 34.2. The van der Waals surface area contributed by atoms with Crippen molar-refractivity contribution in [3.05, 3.63) is 200 Å². The molecule has 59 heavy (non-hydrogen) atoms. The summed E-state index contributed by atoms with van der Waals surface area (Å²) >= 11 is 0. The van der Waals surface area contributed by atoms with E-state index in [1.807, 2.05) is 97.1 Å². The van der Waals surface area contributed by atoms with E-state index in [9.17, 15) is 0 Å².